The van der Waals surface area contributed by atoms with Crippen molar-refractivity contribution in [1.82, 2.24) is 15.1 Å². The van der Waals surface area contributed by atoms with E-state index in [1.54, 1.807) is 0 Å². The van der Waals surface area contributed by atoms with Gasteiger partial charge < -0.3 is 19.9 Å². The maximum absolute atomic E-state index is 13.0. The molecule has 32 heavy (non-hydrogen) atoms. The molecule has 2 aromatic rings. The molecule has 2 aliphatic heterocycles. The number of benzene rings is 2. The third kappa shape index (κ3) is 4.18. The van der Waals surface area contributed by atoms with Crippen LogP contribution in [0.25, 0.3) is 0 Å². The van der Waals surface area contributed by atoms with Crippen molar-refractivity contribution in [3.63, 3.8) is 0 Å². The van der Waals surface area contributed by atoms with Gasteiger partial charge in [-0.2, -0.15) is 0 Å². The molecule has 0 bridgehead atoms. The van der Waals surface area contributed by atoms with Crippen LogP contribution in [0.4, 0.5) is 10.5 Å². The summed E-state index contributed by atoms with van der Waals surface area (Å²) >= 11 is 0. The first-order chi connectivity index (χ1) is 15.6. The van der Waals surface area contributed by atoms with Gasteiger partial charge in [0.2, 0.25) is 0 Å². The van der Waals surface area contributed by atoms with Crippen LogP contribution in [0.2, 0.25) is 0 Å². The van der Waals surface area contributed by atoms with Crippen molar-refractivity contribution in [2.24, 2.45) is 4.99 Å². The van der Waals surface area contributed by atoms with Crippen LogP contribution in [0.5, 0.6) is 11.5 Å². The van der Waals surface area contributed by atoms with Gasteiger partial charge in [0.05, 0.1) is 5.56 Å². The molecule has 2 amide bonds. The molecular weight excluding hydrogens is 400 g/mol. The summed E-state index contributed by atoms with van der Waals surface area (Å²) in [4.78, 5) is 22.3. The SMILES string of the molecule is Cc1ccc2c(c1)C(N1CCN(C(=O)NC3CCCCC3)[C@H](C)C1)=Nc1ccccc1O2. The van der Waals surface area contributed by atoms with Crippen LogP contribution < -0.4 is 10.1 Å². The smallest absolute Gasteiger partial charge is 0.317 e. The topological polar surface area (TPSA) is 57.2 Å². The van der Waals surface area contributed by atoms with E-state index in [-0.39, 0.29) is 12.1 Å². The van der Waals surface area contributed by atoms with E-state index in [1.165, 1.54) is 24.8 Å². The van der Waals surface area contributed by atoms with Gasteiger partial charge in [0, 0.05) is 31.7 Å². The van der Waals surface area contributed by atoms with Crippen molar-refractivity contribution in [3.8, 4) is 11.5 Å². The van der Waals surface area contributed by atoms with Crippen LogP contribution in [0, 0.1) is 6.92 Å². The van der Waals surface area contributed by atoms with E-state index in [0.29, 0.717) is 12.6 Å². The lowest BCUT2D eigenvalue weighted by Crippen LogP contribution is -2.58. The van der Waals surface area contributed by atoms with Crippen LogP contribution >= 0.6 is 0 Å². The second-order valence-corrected chi connectivity index (χ2v) is 9.28. The second-order valence-electron chi connectivity index (χ2n) is 9.28. The summed E-state index contributed by atoms with van der Waals surface area (Å²) in [5.74, 6) is 2.52. The van der Waals surface area contributed by atoms with E-state index in [0.717, 1.165) is 54.5 Å². The molecule has 1 saturated heterocycles. The molecule has 0 radical (unpaired) electrons. The molecule has 0 aromatic heterocycles. The van der Waals surface area contributed by atoms with Crippen molar-refractivity contribution in [2.75, 3.05) is 19.6 Å². The number of aliphatic imine (C=N–C) groups is 1. The van der Waals surface area contributed by atoms with Gasteiger partial charge in [-0.15, -0.1) is 0 Å². The average Bonchev–Trinajstić information content (AvgIpc) is 2.96. The number of urea groups is 1. The first-order valence-corrected chi connectivity index (χ1v) is 11.9. The number of amidine groups is 1. The van der Waals surface area contributed by atoms with Crippen molar-refractivity contribution in [1.29, 1.82) is 0 Å². The molecule has 2 fully saturated rings. The highest BCUT2D eigenvalue weighted by molar-refractivity contribution is 6.04. The average molecular weight is 433 g/mol. The third-order valence-electron chi connectivity index (χ3n) is 6.81. The highest BCUT2D eigenvalue weighted by atomic mass is 16.5. The Balaban J connectivity index is 1.37. The van der Waals surface area contributed by atoms with Gasteiger partial charge in [-0.05, 0) is 51.0 Å². The molecule has 0 unspecified atom stereocenters. The van der Waals surface area contributed by atoms with Crippen LogP contribution in [0.15, 0.2) is 47.5 Å². The molecule has 1 N–H and O–H groups in total. The predicted molar refractivity (Wildman–Crippen MR) is 127 cm³/mol. The van der Waals surface area contributed by atoms with Crippen LogP contribution in [-0.2, 0) is 0 Å². The molecule has 168 valence electrons. The lowest BCUT2D eigenvalue weighted by atomic mass is 9.96. The number of hydrogen-bond donors (Lipinski definition) is 1. The zero-order valence-corrected chi connectivity index (χ0v) is 19.0. The highest BCUT2D eigenvalue weighted by Gasteiger charge is 2.32. The van der Waals surface area contributed by atoms with E-state index in [9.17, 15) is 4.79 Å². The van der Waals surface area contributed by atoms with Crippen LogP contribution in [0.3, 0.4) is 0 Å². The first-order valence-electron chi connectivity index (χ1n) is 11.9. The molecule has 6 heteroatoms. The van der Waals surface area contributed by atoms with Crippen LogP contribution in [0.1, 0.15) is 50.2 Å². The third-order valence-corrected chi connectivity index (χ3v) is 6.81. The number of nitrogens with one attached hydrogen (secondary N) is 1. The summed E-state index contributed by atoms with van der Waals surface area (Å²) in [7, 11) is 0. The van der Waals surface area contributed by atoms with Crippen molar-refractivity contribution in [2.45, 2.75) is 58.0 Å². The monoisotopic (exact) mass is 432 g/mol. The number of nitrogens with zero attached hydrogens (tertiary/aromatic N) is 3. The molecule has 1 saturated carbocycles. The number of para-hydroxylation sites is 2. The normalized spacial score (nSPS) is 21.1. The van der Waals surface area contributed by atoms with Gasteiger partial charge >= 0.3 is 6.03 Å². The molecule has 0 spiro atoms. The number of carbonyl (C=O) groups excluding carboxylic acids is 1. The van der Waals surface area contributed by atoms with E-state index in [4.69, 9.17) is 9.73 Å². The lowest BCUT2D eigenvalue weighted by Gasteiger charge is -2.41. The predicted octanol–water partition coefficient (Wildman–Crippen LogP) is 5.23. The highest BCUT2D eigenvalue weighted by Crippen LogP contribution is 2.38. The number of rotatable bonds is 1. The van der Waals surface area contributed by atoms with Gasteiger partial charge in [-0.3, -0.25) is 0 Å². The number of piperazine rings is 1. The lowest BCUT2D eigenvalue weighted by molar-refractivity contribution is 0.130. The first kappa shape index (κ1) is 20.9. The minimum atomic E-state index is 0.0804. The molecule has 2 heterocycles. The van der Waals surface area contributed by atoms with E-state index in [1.807, 2.05) is 35.2 Å². The maximum Gasteiger partial charge on any atom is 0.317 e. The summed E-state index contributed by atoms with van der Waals surface area (Å²) in [6.45, 7) is 6.39. The Morgan fingerprint density at radius 3 is 2.69 bits per heavy atom. The fraction of sp³-hybridized carbons (Fsp3) is 0.462. The molecular formula is C26H32N4O2. The number of fused-ring (bicyclic) bond motifs is 2. The summed E-state index contributed by atoms with van der Waals surface area (Å²) < 4.78 is 6.23. The molecule has 1 atom stereocenters. The van der Waals surface area contributed by atoms with Gasteiger partial charge in [-0.1, -0.05) is 43.0 Å². The maximum atomic E-state index is 13.0. The van der Waals surface area contributed by atoms with Crippen LogP contribution in [-0.4, -0.2) is 53.4 Å². The van der Waals surface area contributed by atoms with Gasteiger partial charge in [0.1, 0.15) is 17.3 Å². The Kier molecular flexibility index (Phi) is 5.77. The number of ether oxygens (including phenoxy) is 1. The Morgan fingerprint density at radius 1 is 1.06 bits per heavy atom. The molecule has 1 aliphatic carbocycles. The Labute approximate surface area is 190 Å². The summed E-state index contributed by atoms with van der Waals surface area (Å²) in [6, 6.07) is 14.7. The Bertz CT molecular complexity index is 1030. The zero-order chi connectivity index (χ0) is 22.1. The van der Waals surface area contributed by atoms with Crippen molar-refractivity contribution >= 4 is 17.6 Å². The van der Waals surface area contributed by atoms with Crippen molar-refractivity contribution < 1.29 is 9.53 Å². The van der Waals surface area contributed by atoms with Gasteiger partial charge in [-0.25, -0.2) is 9.79 Å². The summed E-state index contributed by atoms with van der Waals surface area (Å²) in [5, 5.41) is 3.28. The summed E-state index contributed by atoms with van der Waals surface area (Å²) in [6.07, 6.45) is 5.93. The van der Waals surface area contributed by atoms with E-state index < -0.39 is 0 Å². The number of hydrogen-bond acceptors (Lipinski definition) is 4. The fourth-order valence-electron chi connectivity index (χ4n) is 5.03. The second kappa shape index (κ2) is 8.85. The van der Waals surface area contributed by atoms with Crippen molar-refractivity contribution in [3.05, 3.63) is 53.6 Å². The molecule has 2 aromatic carbocycles. The minimum absolute atomic E-state index is 0.0804. The molecule has 5 rings (SSSR count). The molecule has 3 aliphatic rings. The van der Waals surface area contributed by atoms with E-state index in [2.05, 4.69) is 36.2 Å². The Morgan fingerprint density at radius 2 is 1.88 bits per heavy atom. The Hall–Kier alpha value is -3.02. The summed E-state index contributed by atoms with van der Waals surface area (Å²) in [5.41, 5.74) is 3.01. The molecule has 6 nitrogen and oxygen atoms in total. The van der Waals surface area contributed by atoms with Gasteiger partial charge in [0.25, 0.3) is 0 Å². The van der Waals surface area contributed by atoms with E-state index >= 15 is 0 Å². The fourth-order valence-corrected chi connectivity index (χ4v) is 5.03. The number of amides is 2. The quantitative estimate of drug-likeness (QED) is 0.672. The largest absolute Gasteiger partial charge is 0.454 e. The zero-order valence-electron chi connectivity index (χ0n) is 19.0. The minimum Gasteiger partial charge on any atom is -0.454 e. The van der Waals surface area contributed by atoms with Gasteiger partial charge in [0.15, 0.2) is 5.75 Å². The number of aryl methyl sites for hydroxylation is 1. The number of carbonyl (C=O) groups is 1. The standard InChI is InChI=1S/C26H32N4O2/c1-18-12-13-23-21(16-18)25(28-22-10-6-7-11-24(22)32-23)29-14-15-30(19(2)17-29)26(31)27-20-8-4-3-5-9-20/h6-7,10-13,16,19-20H,3-5,8-9,14-15,17H2,1-2H3,(H,27,31)/t19-/m1/s1.